The second kappa shape index (κ2) is 10.9. The molecular weight excluding hydrogens is 478 g/mol. The SMILES string of the molecule is C=CCC1(C)C(=O)N(CC(=O)N(c2ccc(OC)cc2)C(C)C)c2ccccc2N(c2ccccc2)C1=O. The first kappa shape index (κ1) is 26.7. The zero-order valence-corrected chi connectivity index (χ0v) is 22.3. The highest BCUT2D eigenvalue weighted by Gasteiger charge is 2.50. The number of allylic oxidation sites excluding steroid dienone is 1. The van der Waals surface area contributed by atoms with Gasteiger partial charge in [-0.05, 0) is 75.7 Å². The van der Waals surface area contributed by atoms with Crippen molar-refractivity contribution < 1.29 is 19.1 Å². The van der Waals surface area contributed by atoms with Gasteiger partial charge in [0.2, 0.25) is 17.7 Å². The summed E-state index contributed by atoms with van der Waals surface area (Å²) in [7, 11) is 1.59. The molecule has 0 bridgehead atoms. The van der Waals surface area contributed by atoms with Crippen LogP contribution in [0.25, 0.3) is 0 Å². The van der Waals surface area contributed by atoms with E-state index in [1.807, 2.05) is 62.4 Å². The zero-order chi connectivity index (χ0) is 27.4. The van der Waals surface area contributed by atoms with Crippen molar-refractivity contribution in [2.24, 2.45) is 5.41 Å². The van der Waals surface area contributed by atoms with Crippen LogP contribution < -0.4 is 19.4 Å². The number of carbonyl (C=O) groups is 3. The molecule has 7 heteroatoms. The molecule has 3 amide bonds. The number of para-hydroxylation sites is 3. The molecule has 0 N–H and O–H groups in total. The Kier molecular flexibility index (Phi) is 7.67. The van der Waals surface area contributed by atoms with Crippen molar-refractivity contribution in [2.75, 3.05) is 28.4 Å². The molecule has 1 unspecified atom stereocenters. The van der Waals surface area contributed by atoms with Gasteiger partial charge in [0, 0.05) is 17.4 Å². The summed E-state index contributed by atoms with van der Waals surface area (Å²) in [6.45, 7) is 9.04. The van der Waals surface area contributed by atoms with Crippen molar-refractivity contribution in [3.05, 3.63) is 91.5 Å². The van der Waals surface area contributed by atoms with Crippen LogP contribution in [0.3, 0.4) is 0 Å². The molecule has 0 saturated carbocycles. The molecule has 0 aliphatic carbocycles. The summed E-state index contributed by atoms with van der Waals surface area (Å²) >= 11 is 0. The van der Waals surface area contributed by atoms with Gasteiger partial charge in [0.15, 0.2) is 0 Å². The Morgan fingerprint density at radius 1 is 0.947 bits per heavy atom. The molecule has 0 spiro atoms. The quantitative estimate of drug-likeness (QED) is 0.286. The van der Waals surface area contributed by atoms with Gasteiger partial charge in [-0.15, -0.1) is 6.58 Å². The molecule has 4 rings (SSSR count). The molecule has 1 heterocycles. The maximum Gasteiger partial charge on any atom is 0.247 e. The first-order valence-electron chi connectivity index (χ1n) is 12.6. The van der Waals surface area contributed by atoms with Crippen LogP contribution in [0.4, 0.5) is 22.7 Å². The number of rotatable bonds is 8. The molecule has 0 radical (unpaired) electrons. The van der Waals surface area contributed by atoms with Crippen LogP contribution in [0.1, 0.15) is 27.2 Å². The predicted molar refractivity (Wildman–Crippen MR) is 151 cm³/mol. The minimum absolute atomic E-state index is 0.124. The summed E-state index contributed by atoms with van der Waals surface area (Å²) in [4.78, 5) is 46.8. The molecule has 1 aliphatic heterocycles. The third kappa shape index (κ3) is 4.79. The van der Waals surface area contributed by atoms with Crippen molar-refractivity contribution in [1.82, 2.24) is 0 Å². The zero-order valence-electron chi connectivity index (χ0n) is 22.3. The fourth-order valence-corrected chi connectivity index (χ4v) is 4.87. The van der Waals surface area contributed by atoms with E-state index < -0.39 is 11.3 Å². The Bertz CT molecular complexity index is 1340. The van der Waals surface area contributed by atoms with Gasteiger partial charge >= 0.3 is 0 Å². The lowest BCUT2D eigenvalue weighted by Crippen LogP contribution is -2.52. The van der Waals surface area contributed by atoms with Crippen LogP contribution in [0.2, 0.25) is 0 Å². The number of hydrogen-bond donors (Lipinski definition) is 0. The number of carbonyl (C=O) groups excluding carboxylic acids is 3. The Hall–Kier alpha value is -4.39. The maximum absolute atomic E-state index is 14.2. The van der Waals surface area contributed by atoms with E-state index in [-0.39, 0.29) is 30.8 Å². The molecule has 196 valence electrons. The van der Waals surface area contributed by atoms with E-state index in [0.717, 1.165) is 0 Å². The van der Waals surface area contributed by atoms with Gasteiger partial charge in [-0.3, -0.25) is 24.2 Å². The van der Waals surface area contributed by atoms with Gasteiger partial charge in [-0.2, -0.15) is 0 Å². The molecule has 0 saturated heterocycles. The number of methoxy groups -OCH3 is 1. The average Bonchev–Trinajstić information content (AvgIpc) is 2.98. The second-order valence-corrected chi connectivity index (χ2v) is 9.74. The minimum atomic E-state index is -1.46. The predicted octanol–water partition coefficient (Wildman–Crippen LogP) is 5.73. The van der Waals surface area contributed by atoms with Crippen LogP contribution in [0.15, 0.2) is 91.5 Å². The number of ether oxygens (including phenoxy) is 1. The van der Waals surface area contributed by atoms with Gasteiger partial charge < -0.3 is 9.64 Å². The lowest BCUT2D eigenvalue weighted by atomic mass is 9.83. The Labute approximate surface area is 223 Å². The van der Waals surface area contributed by atoms with Crippen LogP contribution in [0.5, 0.6) is 5.75 Å². The Balaban J connectivity index is 1.82. The second-order valence-electron chi connectivity index (χ2n) is 9.74. The monoisotopic (exact) mass is 511 g/mol. The highest BCUT2D eigenvalue weighted by molar-refractivity contribution is 6.24. The van der Waals surface area contributed by atoms with E-state index in [9.17, 15) is 14.4 Å². The molecule has 0 aromatic heterocycles. The number of benzene rings is 3. The van der Waals surface area contributed by atoms with Crippen molar-refractivity contribution in [2.45, 2.75) is 33.2 Å². The summed E-state index contributed by atoms with van der Waals surface area (Å²) in [6.07, 6.45) is 1.70. The van der Waals surface area contributed by atoms with E-state index in [1.54, 1.807) is 60.2 Å². The number of anilines is 4. The van der Waals surface area contributed by atoms with E-state index in [2.05, 4.69) is 6.58 Å². The van der Waals surface area contributed by atoms with Gasteiger partial charge in [-0.25, -0.2) is 0 Å². The van der Waals surface area contributed by atoms with Crippen LogP contribution >= 0.6 is 0 Å². The average molecular weight is 512 g/mol. The first-order chi connectivity index (χ1) is 18.2. The molecule has 0 fully saturated rings. The number of fused-ring (bicyclic) bond motifs is 1. The fourth-order valence-electron chi connectivity index (χ4n) is 4.87. The molecule has 1 aliphatic rings. The van der Waals surface area contributed by atoms with E-state index in [1.165, 1.54) is 4.90 Å². The van der Waals surface area contributed by atoms with Crippen LogP contribution in [-0.2, 0) is 14.4 Å². The standard InChI is InChI=1S/C31H33N3O4/c1-6-20-31(4)29(36)32(21-28(35)33(22(2)3)24-16-18-25(38-5)19-17-24)26-14-10-11-15-27(26)34(30(31)37)23-12-8-7-9-13-23/h6-19,22H,1,20-21H2,2-5H3. The number of amides is 3. The van der Waals surface area contributed by atoms with Crippen molar-refractivity contribution in [1.29, 1.82) is 0 Å². The topological polar surface area (TPSA) is 70.2 Å². The third-order valence-electron chi connectivity index (χ3n) is 6.80. The molecule has 7 nitrogen and oxygen atoms in total. The smallest absolute Gasteiger partial charge is 0.247 e. The van der Waals surface area contributed by atoms with E-state index >= 15 is 0 Å². The van der Waals surface area contributed by atoms with Gasteiger partial charge in [-0.1, -0.05) is 36.4 Å². The summed E-state index contributed by atoms with van der Waals surface area (Å²) in [6, 6.07) is 23.5. The molecular formula is C31H33N3O4. The summed E-state index contributed by atoms with van der Waals surface area (Å²) in [5.74, 6) is -0.400. The van der Waals surface area contributed by atoms with E-state index in [4.69, 9.17) is 4.74 Å². The third-order valence-corrected chi connectivity index (χ3v) is 6.80. The van der Waals surface area contributed by atoms with Gasteiger partial charge in [0.05, 0.1) is 18.5 Å². The highest BCUT2D eigenvalue weighted by atomic mass is 16.5. The van der Waals surface area contributed by atoms with Crippen LogP contribution in [-0.4, -0.2) is 37.4 Å². The first-order valence-corrected chi connectivity index (χ1v) is 12.6. The largest absolute Gasteiger partial charge is 0.497 e. The number of hydrogen-bond acceptors (Lipinski definition) is 4. The summed E-state index contributed by atoms with van der Waals surface area (Å²) in [5.41, 5.74) is 0.910. The van der Waals surface area contributed by atoms with Crippen molar-refractivity contribution in [3.8, 4) is 5.75 Å². The highest BCUT2D eigenvalue weighted by Crippen LogP contribution is 2.44. The fraction of sp³-hybridized carbons (Fsp3) is 0.258. The minimum Gasteiger partial charge on any atom is -0.497 e. The maximum atomic E-state index is 14.2. The molecule has 1 atom stereocenters. The van der Waals surface area contributed by atoms with Crippen LogP contribution in [0, 0.1) is 5.41 Å². The molecule has 3 aromatic carbocycles. The van der Waals surface area contributed by atoms with Gasteiger partial charge in [0.1, 0.15) is 17.7 Å². The normalized spacial score (nSPS) is 17.2. The van der Waals surface area contributed by atoms with E-state index in [0.29, 0.717) is 28.5 Å². The lowest BCUT2D eigenvalue weighted by Gasteiger charge is -2.33. The summed E-state index contributed by atoms with van der Waals surface area (Å²) < 4.78 is 5.26. The summed E-state index contributed by atoms with van der Waals surface area (Å²) in [5, 5.41) is 0. The lowest BCUT2D eigenvalue weighted by molar-refractivity contribution is -0.139. The van der Waals surface area contributed by atoms with Crippen molar-refractivity contribution in [3.63, 3.8) is 0 Å². The van der Waals surface area contributed by atoms with Crippen molar-refractivity contribution >= 4 is 40.5 Å². The molecule has 3 aromatic rings. The Morgan fingerprint density at radius 3 is 2.13 bits per heavy atom. The Morgan fingerprint density at radius 2 is 1.55 bits per heavy atom. The van der Waals surface area contributed by atoms with Gasteiger partial charge in [0.25, 0.3) is 0 Å². The molecule has 38 heavy (non-hydrogen) atoms. The number of nitrogens with zero attached hydrogens (tertiary/aromatic N) is 3.